The van der Waals surface area contributed by atoms with Crippen LogP contribution in [0.25, 0.3) is 11.3 Å². The van der Waals surface area contributed by atoms with Gasteiger partial charge in [0.1, 0.15) is 17.2 Å². The van der Waals surface area contributed by atoms with E-state index >= 15 is 0 Å². The van der Waals surface area contributed by atoms with Crippen LogP contribution < -0.4 is 14.8 Å². The lowest BCUT2D eigenvalue weighted by Crippen LogP contribution is -2.40. The van der Waals surface area contributed by atoms with Crippen LogP contribution in [-0.2, 0) is 0 Å². The molecular formula is C22H29N3O3. The SMILES string of the molecule is COc1ccc(-c2n[nH]c(C(=O)N[C@@H](C)[C@@H]3C[C@H]4CC[C@H]3C4)c2C)c(OC)c1. The van der Waals surface area contributed by atoms with E-state index in [1.807, 2.05) is 25.1 Å². The van der Waals surface area contributed by atoms with Crippen molar-refractivity contribution in [2.45, 2.75) is 45.6 Å². The lowest BCUT2D eigenvalue weighted by Gasteiger charge is -2.28. The zero-order valence-corrected chi connectivity index (χ0v) is 17.0. The van der Waals surface area contributed by atoms with E-state index in [9.17, 15) is 4.79 Å². The van der Waals surface area contributed by atoms with E-state index in [-0.39, 0.29) is 11.9 Å². The number of methoxy groups -OCH3 is 2. The van der Waals surface area contributed by atoms with E-state index < -0.39 is 0 Å². The Labute approximate surface area is 166 Å². The molecule has 2 saturated carbocycles. The number of benzene rings is 1. The van der Waals surface area contributed by atoms with Crippen LogP contribution in [0.2, 0.25) is 0 Å². The number of amides is 1. The smallest absolute Gasteiger partial charge is 0.269 e. The van der Waals surface area contributed by atoms with Crippen LogP contribution in [0.3, 0.4) is 0 Å². The molecule has 2 aliphatic carbocycles. The van der Waals surface area contributed by atoms with Crippen molar-refractivity contribution < 1.29 is 14.3 Å². The Morgan fingerprint density at radius 1 is 1.25 bits per heavy atom. The van der Waals surface area contributed by atoms with Crippen molar-refractivity contribution in [2.75, 3.05) is 14.2 Å². The Hall–Kier alpha value is -2.50. The number of nitrogens with one attached hydrogen (secondary N) is 2. The van der Waals surface area contributed by atoms with Crippen molar-refractivity contribution in [1.82, 2.24) is 15.5 Å². The predicted molar refractivity (Wildman–Crippen MR) is 108 cm³/mol. The quantitative estimate of drug-likeness (QED) is 0.792. The van der Waals surface area contributed by atoms with Crippen molar-refractivity contribution in [1.29, 1.82) is 0 Å². The summed E-state index contributed by atoms with van der Waals surface area (Å²) in [6.07, 6.45) is 5.28. The van der Waals surface area contributed by atoms with Gasteiger partial charge in [-0.1, -0.05) is 6.42 Å². The lowest BCUT2D eigenvalue weighted by atomic mass is 9.84. The van der Waals surface area contributed by atoms with Gasteiger partial charge in [0.25, 0.3) is 5.91 Å². The van der Waals surface area contributed by atoms with Gasteiger partial charge in [-0.15, -0.1) is 0 Å². The van der Waals surface area contributed by atoms with E-state index in [2.05, 4.69) is 22.4 Å². The fraction of sp³-hybridized carbons (Fsp3) is 0.545. The first kappa shape index (κ1) is 18.8. The number of hydrogen-bond donors (Lipinski definition) is 2. The highest BCUT2D eigenvalue weighted by molar-refractivity contribution is 5.95. The maximum absolute atomic E-state index is 12.9. The van der Waals surface area contributed by atoms with Crippen molar-refractivity contribution >= 4 is 5.91 Å². The summed E-state index contributed by atoms with van der Waals surface area (Å²) in [5, 5.41) is 10.6. The fourth-order valence-corrected chi connectivity index (χ4v) is 5.17. The van der Waals surface area contributed by atoms with Crippen LogP contribution in [-0.4, -0.2) is 36.4 Å². The average Bonchev–Trinajstić information content (AvgIpc) is 3.43. The number of ether oxygens (including phenoxy) is 2. The van der Waals surface area contributed by atoms with Crippen LogP contribution in [0.1, 0.15) is 48.7 Å². The standard InChI is InChI=1S/C22H29N3O3/c1-12-20(17-8-7-16(27-3)11-19(17)28-4)24-25-21(12)22(26)23-13(2)18-10-14-5-6-15(18)9-14/h7-8,11,13-15,18H,5-6,9-10H2,1-4H3,(H,23,26)(H,24,25)/t13-,14-,15-,18-/m0/s1. The van der Waals surface area contributed by atoms with Crippen molar-refractivity contribution in [3.05, 3.63) is 29.5 Å². The molecule has 0 radical (unpaired) electrons. The summed E-state index contributed by atoms with van der Waals surface area (Å²) >= 11 is 0. The molecule has 1 aromatic carbocycles. The first-order valence-electron chi connectivity index (χ1n) is 10.1. The number of rotatable bonds is 6. The molecule has 28 heavy (non-hydrogen) atoms. The van der Waals surface area contributed by atoms with Crippen LogP contribution in [0, 0.1) is 24.7 Å². The molecule has 0 saturated heterocycles. The highest BCUT2D eigenvalue weighted by Gasteiger charge is 2.42. The van der Waals surface area contributed by atoms with Crippen LogP contribution in [0.5, 0.6) is 11.5 Å². The first-order chi connectivity index (χ1) is 13.5. The molecule has 2 fully saturated rings. The number of aromatic nitrogens is 2. The molecule has 4 atom stereocenters. The van der Waals surface area contributed by atoms with Gasteiger partial charge in [0, 0.05) is 23.2 Å². The van der Waals surface area contributed by atoms with Gasteiger partial charge in [-0.3, -0.25) is 9.89 Å². The molecule has 6 heteroatoms. The molecule has 0 unspecified atom stereocenters. The summed E-state index contributed by atoms with van der Waals surface area (Å²) in [6, 6.07) is 5.77. The molecule has 2 N–H and O–H groups in total. The number of fused-ring (bicyclic) bond motifs is 2. The number of H-pyrrole nitrogens is 1. The lowest BCUT2D eigenvalue weighted by molar-refractivity contribution is 0.0909. The van der Waals surface area contributed by atoms with Gasteiger partial charge in [0.2, 0.25) is 0 Å². The molecule has 2 aromatic rings. The Morgan fingerprint density at radius 3 is 2.71 bits per heavy atom. The molecule has 1 amide bonds. The second-order valence-corrected chi connectivity index (χ2v) is 8.24. The monoisotopic (exact) mass is 383 g/mol. The van der Waals surface area contributed by atoms with E-state index in [1.54, 1.807) is 14.2 Å². The Morgan fingerprint density at radius 2 is 2.07 bits per heavy atom. The number of carbonyl (C=O) groups is 1. The highest BCUT2D eigenvalue weighted by Crippen LogP contribution is 2.49. The molecule has 1 aromatic heterocycles. The van der Waals surface area contributed by atoms with Gasteiger partial charge in [0.15, 0.2) is 0 Å². The predicted octanol–water partition coefficient (Wildman–Crippen LogP) is 3.96. The second kappa shape index (κ2) is 7.49. The maximum atomic E-state index is 12.9. The van der Waals surface area contributed by atoms with Crippen LogP contribution in [0.15, 0.2) is 18.2 Å². The molecule has 0 spiro atoms. The van der Waals surface area contributed by atoms with E-state index in [1.165, 1.54) is 25.7 Å². The van der Waals surface area contributed by atoms with Crippen molar-refractivity contribution in [2.24, 2.45) is 17.8 Å². The zero-order valence-electron chi connectivity index (χ0n) is 17.0. The molecule has 1 heterocycles. The van der Waals surface area contributed by atoms with Crippen LogP contribution >= 0.6 is 0 Å². The van der Waals surface area contributed by atoms with Gasteiger partial charge >= 0.3 is 0 Å². The van der Waals surface area contributed by atoms with E-state index in [0.717, 1.165) is 28.7 Å². The third kappa shape index (κ3) is 3.25. The van der Waals surface area contributed by atoms with Gasteiger partial charge in [0.05, 0.1) is 19.9 Å². The second-order valence-electron chi connectivity index (χ2n) is 8.24. The number of hydrogen-bond acceptors (Lipinski definition) is 4. The third-order valence-electron chi connectivity index (χ3n) is 6.69. The van der Waals surface area contributed by atoms with Crippen molar-refractivity contribution in [3.63, 3.8) is 0 Å². The third-order valence-corrected chi connectivity index (χ3v) is 6.69. The number of carbonyl (C=O) groups excluding carboxylic acids is 1. The minimum absolute atomic E-state index is 0.0843. The number of aromatic amines is 1. The molecular weight excluding hydrogens is 354 g/mol. The first-order valence-corrected chi connectivity index (χ1v) is 10.1. The van der Waals surface area contributed by atoms with E-state index in [4.69, 9.17) is 9.47 Å². The molecule has 6 nitrogen and oxygen atoms in total. The molecule has 0 aliphatic heterocycles. The van der Waals surface area contributed by atoms with Crippen LogP contribution in [0.4, 0.5) is 0 Å². The summed E-state index contributed by atoms with van der Waals surface area (Å²) in [4.78, 5) is 12.9. The largest absolute Gasteiger partial charge is 0.497 e. The van der Waals surface area contributed by atoms with Gasteiger partial charge in [-0.2, -0.15) is 5.10 Å². The summed E-state index contributed by atoms with van der Waals surface area (Å²) in [5.41, 5.74) is 2.89. The minimum atomic E-state index is -0.0843. The fourth-order valence-electron chi connectivity index (χ4n) is 5.17. The Balaban J connectivity index is 1.52. The Kier molecular flexibility index (Phi) is 5.04. The van der Waals surface area contributed by atoms with Gasteiger partial charge < -0.3 is 14.8 Å². The topological polar surface area (TPSA) is 76.2 Å². The summed E-state index contributed by atoms with van der Waals surface area (Å²) in [6.45, 7) is 4.06. The zero-order chi connectivity index (χ0) is 19.8. The molecule has 2 bridgehead atoms. The van der Waals surface area contributed by atoms with E-state index in [0.29, 0.717) is 23.1 Å². The van der Waals surface area contributed by atoms with Gasteiger partial charge in [-0.25, -0.2) is 0 Å². The minimum Gasteiger partial charge on any atom is -0.497 e. The number of nitrogens with zero attached hydrogens (tertiary/aromatic N) is 1. The summed E-state index contributed by atoms with van der Waals surface area (Å²) in [7, 11) is 3.24. The normalized spacial score (nSPS) is 24.2. The maximum Gasteiger partial charge on any atom is 0.269 e. The molecule has 150 valence electrons. The molecule has 4 rings (SSSR count). The molecule has 2 aliphatic rings. The van der Waals surface area contributed by atoms with Gasteiger partial charge in [-0.05, 0) is 63.0 Å². The Bertz CT molecular complexity index is 876. The average molecular weight is 383 g/mol. The summed E-state index contributed by atoms with van der Waals surface area (Å²) in [5.74, 6) is 3.55. The van der Waals surface area contributed by atoms with Crippen molar-refractivity contribution in [3.8, 4) is 22.8 Å². The highest BCUT2D eigenvalue weighted by atomic mass is 16.5. The summed E-state index contributed by atoms with van der Waals surface area (Å²) < 4.78 is 10.8.